The summed E-state index contributed by atoms with van der Waals surface area (Å²) in [5.41, 5.74) is 7.36. The summed E-state index contributed by atoms with van der Waals surface area (Å²) < 4.78 is 6.26. The lowest BCUT2D eigenvalue weighted by Gasteiger charge is -2.36. The Balaban J connectivity index is 2.18. The molecule has 0 spiro atoms. The molecule has 21 heavy (non-hydrogen) atoms. The summed E-state index contributed by atoms with van der Waals surface area (Å²) in [7, 11) is -1.79. The van der Waals surface area contributed by atoms with Crippen LogP contribution in [0.4, 0.5) is 5.82 Å². The van der Waals surface area contributed by atoms with Crippen molar-refractivity contribution in [2.45, 2.75) is 38.9 Å². The van der Waals surface area contributed by atoms with Crippen molar-refractivity contribution in [3.05, 3.63) is 36.7 Å². The highest BCUT2D eigenvalue weighted by Gasteiger charge is 2.38. The topological polar surface area (TPSA) is 61.0 Å². The van der Waals surface area contributed by atoms with Gasteiger partial charge in [-0.2, -0.15) is 0 Å². The van der Waals surface area contributed by atoms with Gasteiger partial charge in [0.25, 0.3) is 0 Å². The zero-order valence-corrected chi connectivity index (χ0v) is 14.3. The van der Waals surface area contributed by atoms with Crippen LogP contribution >= 0.6 is 0 Å². The molecule has 1 aromatic heterocycles. The summed E-state index contributed by atoms with van der Waals surface area (Å²) in [5.74, 6) is 1.34. The van der Waals surface area contributed by atoms with Gasteiger partial charge in [-0.15, -0.1) is 0 Å². The fourth-order valence-electron chi connectivity index (χ4n) is 1.63. The van der Waals surface area contributed by atoms with E-state index in [4.69, 9.17) is 10.2 Å². The summed E-state index contributed by atoms with van der Waals surface area (Å²) >= 11 is 0. The summed E-state index contributed by atoms with van der Waals surface area (Å²) in [5, 5.41) is 0.189. The van der Waals surface area contributed by atoms with E-state index in [0.29, 0.717) is 5.82 Å². The first-order valence-electron chi connectivity index (χ1n) is 7.06. The molecule has 1 heterocycles. The van der Waals surface area contributed by atoms with Crippen molar-refractivity contribution in [3.8, 4) is 17.0 Å². The minimum Gasteiger partial charge on any atom is -0.544 e. The van der Waals surface area contributed by atoms with Crippen LogP contribution in [0.1, 0.15) is 20.8 Å². The smallest absolute Gasteiger partial charge is 0.250 e. The van der Waals surface area contributed by atoms with Gasteiger partial charge >= 0.3 is 0 Å². The molecule has 0 bridgehead atoms. The average molecular weight is 301 g/mol. The number of aromatic nitrogens is 2. The fraction of sp³-hybridized carbons (Fsp3) is 0.375. The number of hydrogen-bond donors (Lipinski definition) is 1. The summed E-state index contributed by atoms with van der Waals surface area (Å²) in [6.45, 7) is 11.2. The monoisotopic (exact) mass is 301 g/mol. The van der Waals surface area contributed by atoms with Gasteiger partial charge in [0.05, 0.1) is 18.1 Å². The molecule has 0 amide bonds. The number of hydrogen-bond acceptors (Lipinski definition) is 4. The van der Waals surface area contributed by atoms with Crippen LogP contribution in [0.3, 0.4) is 0 Å². The third-order valence-corrected chi connectivity index (χ3v) is 8.36. The van der Waals surface area contributed by atoms with Gasteiger partial charge in [-0.3, -0.25) is 4.98 Å². The molecule has 5 heteroatoms. The Kier molecular flexibility index (Phi) is 4.05. The largest absolute Gasteiger partial charge is 0.544 e. The van der Waals surface area contributed by atoms with Crippen LogP contribution in [0.25, 0.3) is 11.3 Å². The summed E-state index contributed by atoms with van der Waals surface area (Å²) in [6, 6.07) is 7.99. The second-order valence-electron chi connectivity index (χ2n) is 6.71. The molecule has 0 fully saturated rings. The molecule has 0 saturated heterocycles. The first kappa shape index (κ1) is 15.5. The Hall–Kier alpha value is -1.88. The molecule has 2 N–H and O–H groups in total. The van der Waals surface area contributed by atoms with Crippen LogP contribution in [0.2, 0.25) is 18.1 Å². The Morgan fingerprint density at radius 2 is 1.62 bits per heavy atom. The van der Waals surface area contributed by atoms with Crippen molar-refractivity contribution < 1.29 is 4.43 Å². The van der Waals surface area contributed by atoms with Crippen molar-refractivity contribution in [2.24, 2.45) is 0 Å². The van der Waals surface area contributed by atoms with E-state index in [-0.39, 0.29) is 5.04 Å². The number of nitrogen functional groups attached to an aromatic ring is 1. The molecule has 4 nitrogen and oxygen atoms in total. The molecule has 0 unspecified atom stereocenters. The van der Waals surface area contributed by atoms with Crippen LogP contribution in [0.5, 0.6) is 5.75 Å². The van der Waals surface area contributed by atoms with E-state index in [9.17, 15) is 0 Å². The van der Waals surface area contributed by atoms with E-state index in [0.717, 1.165) is 17.0 Å². The maximum Gasteiger partial charge on any atom is 0.250 e. The molecule has 0 aliphatic carbocycles. The number of nitrogens with zero attached hydrogens (tertiary/aromatic N) is 2. The zero-order valence-electron chi connectivity index (χ0n) is 13.3. The quantitative estimate of drug-likeness (QED) is 0.867. The highest BCUT2D eigenvalue weighted by Crippen LogP contribution is 2.37. The highest BCUT2D eigenvalue weighted by molar-refractivity contribution is 6.74. The maximum atomic E-state index is 6.26. The standard InChI is InChI=1S/C16H23N3OSi/c1-16(2,3)21(4,5)20-13-8-6-12(7-9-13)14-10-19-15(17)11-18-14/h6-11H,1-5H3,(H2,17,19). The lowest BCUT2D eigenvalue weighted by Crippen LogP contribution is -2.43. The first-order valence-corrected chi connectivity index (χ1v) is 9.97. The van der Waals surface area contributed by atoms with Gasteiger partial charge in [-0.05, 0) is 42.4 Å². The third-order valence-electron chi connectivity index (χ3n) is 4.00. The molecule has 0 aliphatic heterocycles. The second kappa shape index (κ2) is 5.48. The minimum atomic E-state index is -1.79. The van der Waals surface area contributed by atoms with E-state index < -0.39 is 8.32 Å². The zero-order chi connectivity index (χ0) is 15.7. The van der Waals surface area contributed by atoms with Crippen LogP contribution in [-0.2, 0) is 0 Å². The van der Waals surface area contributed by atoms with Gasteiger partial charge in [0, 0.05) is 5.56 Å². The van der Waals surface area contributed by atoms with Gasteiger partial charge in [0.1, 0.15) is 11.6 Å². The van der Waals surface area contributed by atoms with Gasteiger partial charge in [0.15, 0.2) is 0 Å². The van der Waals surface area contributed by atoms with Crippen LogP contribution in [0.15, 0.2) is 36.7 Å². The van der Waals surface area contributed by atoms with Crippen molar-refractivity contribution in [2.75, 3.05) is 5.73 Å². The lowest BCUT2D eigenvalue weighted by atomic mass is 10.1. The number of anilines is 1. The number of benzene rings is 1. The van der Waals surface area contributed by atoms with E-state index in [1.54, 1.807) is 12.4 Å². The number of nitrogens with two attached hydrogens (primary N) is 1. The predicted octanol–water partition coefficient (Wildman–Crippen LogP) is 4.11. The van der Waals surface area contributed by atoms with E-state index in [2.05, 4.69) is 43.8 Å². The van der Waals surface area contributed by atoms with Gasteiger partial charge in [-0.25, -0.2) is 4.98 Å². The molecule has 0 radical (unpaired) electrons. The van der Waals surface area contributed by atoms with Crippen molar-refractivity contribution in [1.29, 1.82) is 0 Å². The predicted molar refractivity (Wildman–Crippen MR) is 89.7 cm³/mol. The molecule has 0 atom stereocenters. The summed E-state index contributed by atoms with van der Waals surface area (Å²) in [6.07, 6.45) is 3.24. The van der Waals surface area contributed by atoms with Crippen molar-refractivity contribution in [3.63, 3.8) is 0 Å². The molecular formula is C16H23N3OSi. The molecule has 0 aliphatic rings. The normalized spacial score (nSPS) is 12.2. The Morgan fingerprint density at radius 3 is 2.10 bits per heavy atom. The Bertz CT molecular complexity index is 601. The molecule has 2 rings (SSSR count). The van der Waals surface area contributed by atoms with Gasteiger partial charge in [0.2, 0.25) is 8.32 Å². The lowest BCUT2D eigenvalue weighted by molar-refractivity contribution is 0.492. The highest BCUT2D eigenvalue weighted by atomic mass is 28.4. The van der Waals surface area contributed by atoms with E-state index in [1.165, 1.54) is 0 Å². The molecule has 0 saturated carbocycles. The van der Waals surface area contributed by atoms with Gasteiger partial charge < -0.3 is 10.2 Å². The molecular weight excluding hydrogens is 278 g/mol. The Labute approximate surface area is 127 Å². The molecule has 1 aromatic carbocycles. The van der Waals surface area contributed by atoms with E-state index >= 15 is 0 Å². The average Bonchev–Trinajstić information content (AvgIpc) is 2.39. The molecule has 112 valence electrons. The minimum absolute atomic E-state index is 0.189. The van der Waals surface area contributed by atoms with Gasteiger partial charge in [-0.1, -0.05) is 20.8 Å². The maximum absolute atomic E-state index is 6.26. The second-order valence-corrected chi connectivity index (χ2v) is 11.4. The number of rotatable bonds is 3. The van der Waals surface area contributed by atoms with E-state index in [1.807, 2.05) is 24.3 Å². The SMILES string of the molecule is CC(C)(C)[Si](C)(C)Oc1ccc(-c2cnc(N)cn2)cc1. The third kappa shape index (κ3) is 3.61. The Morgan fingerprint density at radius 1 is 1.00 bits per heavy atom. The van der Waals surface area contributed by atoms with Crippen LogP contribution in [0, 0.1) is 0 Å². The van der Waals surface area contributed by atoms with Crippen molar-refractivity contribution >= 4 is 14.1 Å². The van der Waals surface area contributed by atoms with Crippen LogP contribution in [-0.4, -0.2) is 18.3 Å². The summed E-state index contributed by atoms with van der Waals surface area (Å²) in [4.78, 5) is 8.33. The van der Waals surface area contributed by atoms with Crippen LogP contribution < -0.4 is 10.2 Å². The molecule has 2 aromatic rings. The fourth-order valence-corrected chi connectivity index (χ4v) is 2.66. The first-order chi connectivity index (χ1) is 9.69. The van der Waals surface area contributed by atoms with Crippen molar-refractivity contribution in [1.82, 2.24) is 9.97 Å².